The van der Waals surface area contributed by atoms with Gasteiger partial charge in [-0.2, -0.15) is 0 Å². The van der Waals surface area contributed by atoms with Gasteiger partial charge in [0.05, 0.1) is 5.56 Å². The monoisotopic (exact) mass is 222 g/mol. The molecule has 1 unspecified atom stereocenters. The van der Waals surface area contributed by atoms with Crippen molar-refractivity contribution in [1.29, 1.82) is 0 Å². The van der Waals surface area contributed by atoms with Crippen LogP contribution in [-0.2, 0) is 14.3 Å². The number of esters is 2. The molecule has 5 nitrogen and oxygen atoms in total. The fourth-order valence-corrected chi connectivity index (χ4v) is 1.38. The molecule has 0 spiro atoms. The van der Waals surface area contributed by atoms with Crippen LogP contribution in [-0.4, -0.2) is 35.9 Å². The van der Waals surface area contributed by atoms with Crippen LogP contribution < -0.4 is 0 Å². The second kappa shape index (κ2) is 4.32. The van der Waals surface area contributed by atoms with Crippen molar-refractivity contribution in [1.82, 2.24) is 0 Å². The van der Waals surface area contributed by atoms with Gasteiger partial charge < -0.3 is 14.6 Å². The first-order valence-corrected chi connectivity index (χ1v) is 4.79. The third kappa shape index (κ3) is 2.04. The summed E-state index contributed by atoms with van der Waals surface area (Å²) >= 11 is 0. The summed E-state index contributed by atoms with van der Waals surface area (Å²) in [6.45, 7) is -0.133. The van der Waals surface area contributed by atoms with Crippen LogP contribution in [0.2, 0.25) is 0 Å². The van der Waals surface area contributed by atoms with Crippen molar-refractivity contribution < 1.29 is 24.2 Å². The largest absolute Gasteiger partial charge is 0.460 e. The van der Waals surface area contributed by atoms with Gasteiger partial charge in [-0.05, 0) is 12.1 Å². The Labute approximate surface area is 91.6 Å². The van der Waals surface area contributed by atoms with E-state index in [9.17, 15) is 14.7 Å². The second-order valence-corrected chi connectivity index (χ2v) is 3.39. The Morgan fingerprint density at radius 3 is 2.62 bits per heavy atom. The highest BCUT2D eigenvalue weighted by Crippen LogP contribution is 2.13. The zero-order chi connectivity index (χ0) is 11.5. The van der Waals surface area contributed by atoms with E-state index >= 15 is 0 Å². The summed E-state index contributed by atoms with van der Waals surface area (Å²) < 4.78 is 9.41. The van der Waals surface area contributed by atoms with Gasteiger partial charge in [0.1, 0.15) is 12.7 Å². The van der Waals surface area contributed by atoms with E-state index in [1.54, 1.807) is 30.3 Å². The lowest BCUT2D eigenvalue weighted by molar-refractivity contribution is -0.145. The molecule has 5 heteroatoms. The molecule has 1 fully saturated rings. The van der Waals surface area contributed by atoms with E-state index in [4.69, 9.17) is 4.74 Å². The van der Waals surface area contributed by atoms with E-state index in [0.29, 0.717) is 5.56 Å². The van der Waals surface area contributed by atoms with Crippen molar-refractivity contribution in [2.75, 3.05) is 6.61 Å². The number of carbonyl (C=O) groups excluding carboxylic acids is 2. The third-order valence-corrected chi connectivity index (χ3v) is 2.22. The smallest absolute Gasteiger partial charge is 0.350 e. The molecule has 1 aromatic rings. The van der Waals surface area contributed by atoms with Gasteiger partial charge in [0.15, 0.2) is 0 Å². The van der Waals surface area contributed by atoms with Crippen LogP contribution in [0, 0.1) is 0 Å². The van der Waals surface area contributed by atoms with Crippen molar-refractivity contribution in [2.24, 2.45) is 0 Å². The average molecular weight is 222 g/mol. The van der Waals surface area contributed by atoms with Crippen molar-refractivity contribution in [3.63, 3.8) is 0 Å². The molecule has 84 valence electrons. The number of rotatable bonds is 2. The number of benzene rings is 1. The molecule has 16 heavy (non-hydrogen) atoms. The number of hydrogen-bond donors (Lipinski definition) is 1. The van der Waals surface area contributed by atoms with Gasteiger partial charge in [-0.1, -0.05) is 18.2 Å². The average Bonchev–Trinajstić information content (AvgIpc) is 2.62. The summed E-state index contributed by atoms with van der Waals surface area (Å²) in [6, 6.07) is 8.25. The predicted octanol–water partition coefficient (Wildman–Crippen LogP) is 0.130. The SMILES string of the molecule is O=C(O[C@@H]1C(=O)OCC1O)c1ccccc1. The number of aliphatic hydroxyl groups is 1. The fraction of sp³-hybridized carbons (Fsp3) is 0.273. The molecule has 1 N–H and O–H groups in total. The first-order valence-electron chi connectivity index (χ1n) is 4.79. The molecule has 0 saturated carbocycles. The maximum absolute atomic E-state index is 11.6. The van der Waals surface area contributed by atoms with Crippen LogP contribution in [0.15, 0.2) is 30.3 Å². The molecule has 0 bridgehead atoms. The Hall–Kier alpha value is -1.88. The minimum absolute atomic E-state index is 0.133. The minimum atomic E-state index is -1.22. The fourth-order valence-electron chi connectivity index (χ4n) is 1.38. The van der Waals surface area contributed by atoms with Crippen LogP contribution in [0.3, 0.4) is 0 Å². The first kappa shape index (κ1) is 10.6. The van der Waals surface area contributed by atoms with Crippen molar-refractivity contribution in [2.45, 2.75) is 12.2 Å². The Morgan fingerprint density at radius 2 is 2.06 bits per heavy atom. The van der Waals surface area contributed by atoms with Crippen LogP contribution in [0.1, 0.15) is 10.4 Å². The number of carbonyl (C=O) groups is 2. The van der Waals surface area contributed by atoms with Crippen molar-refractivity contribution in [3.05, 3.63) is 35.9 Å². The van der Waals surface area contributed by atoms with Crippen LogP contribution in [0.25, 0.3) is 0 Å². The van der Waals surface area contributed by atoms with Gasteiger partial charge in [0.2, 0.25) is 6.10 Å². The van der Waals surface area contributed by atoms with Gasteiger partial charge in [-0.15, -0.1) is 0 Å². The summed E-state index contributed by atoms with van der Waals surface area (Å²) in [7, 11) is 0. The highest BCUT2D eigenvalue weighted by molar-refractivity contribution is 5.91. The maximum Gasteiger partial charge on any atom is 0.350 e. The highest BCUT2D eigenvalue weighted by atomic mass is 16.6. The molecule has 2 atom stereocenters. The molecular weight excluding hydrogens is 212 g/mol. The lowest BCUT2D eigenvalue weighted by Gasteiger charge is -2.11. The molecule has 2 rings (SSSR count). The standard InChI is InChI=1S/C11H10O5/c12-8-6-15-11(14)9(8)16-10(13)7-4-2-1-3-5-7/h1-5,8-9,12H,6H2/t8?,9-/m0/s1. The Kier molecular flexibility index (Phi) is 2.87. The molecule has 0 radical (unpaired) electrons. The molecule has 1 aliphatic heterocycles. The predicted molar refractivity (Wildman–Crippen MR) is 52.6 cm³/mol. The molecule has 1 aromatic carbocycles. The number of cyclic esters (lactones) is 1. The van der Waals surface area contributed by atoms with Crippen LogP contribution in [0.5, 0.6) is 0 Å². The number of ether oxygens (including phenoxy) is 2. The van der Waals surface area contributed by atoms with E-state index in [1.807, 2.05) is 0 Å². The summed E-state index contributed by atoms with van der Waals surface area (Å²) in [6.07, 6.45) is -2.30. The van der Waals surface area contributed by atoms with E-state index in [0.717, 1.165) is 0 Å². The summed E-state index contributed by atoms with van der Waals surface area (Å²) in [5.74, 6) is -1.36. The first-order chi connectivity index (χ1) is 7.68. The van der Waals surface area contributed by atoms with Crippen LogP contribution in [0.4, 0.5) is 0 Å². The summed E-state index contributed by atoms with van der Waals surface area (Å²) in [4.78, 5) is 22.6. The molecule has 0 amide bonds. The topological polar surface area (TPSA) is 72.8 Å². The van der Waals surface area contributed by atoms with E-state index in [1.165, 1.54) is 0 Å². The number of hydrogen-bond acceptors (Lipinski definition) is 5. The highest BCUT2D eigenvalue weighted by Gasteiger charge is 2.39. The Balaban J connectivity index is 2.05. The third-order valence-electron chi connectivity index (χ3n) is 2.22. The second-order valence-electron chi connectivity index (χ2n) is 3.39. The number of aliphatic hydroxyl groups excluding tert-OH is 1. The lowest BCUT2D eigenvalue weighted by Crippen LogP contribution is -2.32. The summed E-state index contributed by atoms with van der Waals surface area (Å²) in [5.41, 5.74) is 0.328. The normalized spacial score (nSPS) is 23.9. The zero-order valence-electron chi connectivity index (χ0n) is 8.33. The van der Waals surface area contributed by atoms with Gasteiger partial charge >= 0.3 is 11.9 Å². The van der Waals surface area contributed by atoms with Gasteiger partial charge in [0.25, 0.3) is 0 Å². The minimum Gasteiger partial charge on any atom is -0.460 e. The van der Waals surface area contributed by atoms with Gasteiger partial charge in [-0.3, -0.25) is 0 Å². The van der Waals surface area contributed by atoms with E-state index in [-0.39, 0.29) is 6.61 Å². The lowest BCUT2D eigenvalue weighted by atomic mass is 10.2. The molecule has 1 aliphatic rings. The van der Waals surface area contributed by atoms with Gasteiger partial charge in [0, 0.05) is 0 Å². The Morgan fingerprint density at radius 1 is 1.38 bits per heavy atom. The Bertz CT molecular complexity index is 400. The van der Waals surface area contributed by atoms with E-state index in [2.05, 4.69) is 4.74 Å². The van der Waals surface area contributed by atoms with Crippen molar-refractivity contribution >= 4 is 11.9 Å². The zero-order valence-corrected chi connectivity index (χ0v) is 8.33. The quantitative estimate of drug-likeness (QED) is 0.720. The van der Waals surface area contributed by atoms with Crippen LogP contribution >= 0.6 is 0 Å². The maximum atomic E-state index is 11.6. The summed E-state index contributed by atoms with van der Waals surface area (Å²) in [5, 5.41) is 9.33. The van der Waals surface area contributed by atoms with Crippen molar-refractivity contribution in [3.8, 4) is 0 Å². The van der Waals surface area contributed by atoms with E-state index < -0.39 is 24.1 Å². The molecule has 1 saturated heterocycles. The molecule has 1 heterocycles. The molecule has 0 aromatic heterocycles. The molecular formula is C11H10O5. The molecule has 0 aliphatic carbocycles. The van der Waals surface area contributed by atoms with Gasteiger partial charge in [-0.25, -0.2) is 9.59 Å².